The van der Waals surface area contributed by atoms with E-state index in [2.05, 4.69) is 20.8 Å². The van der Waals surface area contributed by atoms with Crippen molar-refractivity contribution in [2.45, 2.75) is 23.2 Å². The molecule has 2 aromatic rings. The Morgan fingerprint density at radius 3 is 3.09 bits per heavy atom. The van der Waals surface area contributed by atoms with E-state index < -0.39 is 0 Å². The van der Waals surface area contributed by atoms with Crippen LogP contribution in [0.1, 0.15) is 18.4 Å². The summed E-state index contributed by atoms with van der Waals surface area (Å²) in [6, 6.07) is 9.42. The minimum Gasteiger partial charge on any atom is -0.357 e. The lowest BCUT2D eigenvalue weighted by atomic mass is 10.2. The summed E-state index contributed by atoms with van der Waals surface area (Å²) >= 11 is 2.82. The first-order valence-corrected chi connectivity index (χ1v) is 8.56. The summed E-state index contributed by atoms with van der Waals surface area (Å²) in [7, 11) is 0. The topological polar surface area (TPSA) is 90.7 Å². The molecule has 0 saturated heterocycles. The van der Waals surface area contributed by atoms with Gasteiger partial charge in [-0.05, 0) is 31.0 Å². The van der Waals surface area contributed by atoms with Gasteiger partial charge in [-0.1, -0.05) is 29.2 Å². The number of nitrogens with one attached hydrogen (secondary N) is 2. The molecule has 2 N–H and O–H groups in total. The van der Waals surface area contributed by atoms with E-state index >= 15 is 0 Å². The van der Waals surface area contributed by atoms with Crippen LogP contribution in [0.25, 0.3) is 0 Å². The Morgan fingerprint density at radius 1 is 1.45 bits per heavy atom. The molecule has 6 nitrogen and oxygen atoms in total. The van der Waals surface area contributed by atoms with Crippen LogP contribution in [-0.4, -0.2) is 27.9 Å². The average molecular weight is 331 g/mol. The summed E-state index contributed by atoms with van der Waals surface area (Å²) in [5.74, 6) is 0.126. The van der Waals surface area contributed by atoms with Gasteiger partial charge in [0, 0.05) is 11.7 Å². The van der Waals surface area contributed by atoms with Crippen LogP contribution in [0.5, 0.6) is 0 Å². The van der Waals surface area contributed by atoms with Crippen molar-refractivity contribution in [3.63, 3.8) is 0 Å². The van der Waals surface area contributed by atoms with Gasteiger partial charge in [-0.2, -0.15) is 5.26 Å². The number of thioether (sulfide) groups is 1. The van der Waals surface area contributed by atoms with E-state index in [1.807, 2.05) is 6.07 Å². The standard InChI is InChI=1S/C14H13N5OS2/c15-7-9-2-1-3-11(6-9)16-12(20)8-21-14-19-18-13(22-14)17-10-4-5-10/h1-3,6,10H,4-5,8H2,(H,16,20)(H,17,18). The number of carbonyl (C=O) groups excluding carboxylic acids is 1. The normalized spacial score (nSPS) is 13.4. The fourth-order valence-electron chi connectivity index (χ4n) is 1.72. The van der Waals surface area contributed by atoms with Crippen LogP contribution in [0.2, 0.25) is 0 Å². The van der Waals surface area contributed by atoms with Crippen molar-refractivity contribution < 1.29 is 4.79 Å². The molecule has 1 heterocycles. The number of hydrogen-bond donors (Lipinski definition) is 2. The second-order valence-electron chi connectivity index (χ2n) is 4.82. The van der Waals surface area contributed by atoms with Crippen LogP contribution in [0, 0.1) is 11.3 Å². The smallest absolute Gasteiger partial charge is 0.234 e. The Bertz CT molecular complexity index is 720. The van der Waals surface area contributed by atoms with E-state index in [0.717, 1.165) is 9.47 Å². The molecule has 3 rings (SSSR count). The van der Waals surface area contributed by atoms with Crippen molar-refractivity contribution in [1.29, 1.82) is 5.26 Å². The lowest BCUT2D eigenvalue weighted by molar-refractivity contribution is -0.113. The SMILES string of the molecule is N#Cc1cccc(NC(=O)CSc2nnc(NC3CC3)s2)c1. The molecule has 22 heavy (non-hydrogen) atoms. The Hall–Kier alpha value is -2.11. The molecule has 1 fully saturated rings. The van der Waals surface area contributed by atoms with Crippen molar-refractivity contribution in [2.24, 2.45) is 0 Å². The molecule has 8 heteroatoms. The molecule has 0 radical (unpaired) electrons. The number of benzene rings is 1. The molecular weight excluding hydrogens is 318 g/mol. The van der Waals surface area contributed by atoms with Crippen LogP contribution in [0.15, 0.2) is 28.6 Å². The largest absolute Gasteiger partial charge is 0.357 e. The minimum absolute atomic E-state index is 0.132. The highest BCUT2D eigenvalue weighted by Crippen LogP contribution is 2.30. The first kappa shape index (κ1) is 14.8. The van der Waals surface area contributed by atoms with E-state index in [0.29, 0.717) is 17.3 Å². The average Bonchev–Trinajstić information content (AvgIpc) is 3.22. The third kappa shape index (κ3) is 4.19. The van der Waals surface area contributed by atoms with Crippen molar-refractivity contribution >= 4 is 39.8 Å². The molecule has 0 spiro atoms. The summed E-state index contributed by atoms with van der Waals surface area (Å²) in [4.78, 5) is 11.9. The highest BCUT2D eigenvalue weighted by atomic mass is 32.2. The van der Waals surface area contributed by atoms with Gasteiger partial charge in [-0.25, -0.2) is 0 Å². The highest BCUT2D eigenvalue weighted by molar-refractivity contribution is 8.01. The zero-order valence-corrected chi connectivity index (χ0v) is 13.2. The maximum Gasteiger partial charge on any atom is 0.234 e. The fraction of sp³-hybridized carbons (Fsp3) is 0.286. The maximum absolute atomic E-state index is 11.9. The number of anilines is 2. The maximum atomic E-state index is 11.9. The Labute approximate surface area is 135 Å². The number of nitrogens with zero attached hydrogens (tertiary/aromatic N) is 3. The van der Waals surface area contributed by atoms with Crippen LogP contribution < -0.4 is 10.6 Å². The molecule has 0 unspecified atom stereocenters. The Kier molecular flexibility index (Phi) is 4.56. The number of hydrogen-bond acceptors (Lipinski definition) is 7. The monoisotopic (exact) mass is 331 g/mol. The number of nitriles is 1. The van der Waals surface area contributed by atoms with Gasteiger partial charge in [0.2, 0.25) is 11.0 Å². The molecule has 1 aromatic heterocycles. The predicted octanol–water partition coefficient (Wildman–Crippen LogP) is 2.71. The molecule has 1 aliphatic rings. The van der Waals surface area contributed by atoms with Gasteiger partial charge in [0.05, 0.1) is 17.4 Å². The van der Waals surface area contributed by atoms with Gasteiger partial charge in [-0.15, -0.1) is 10.2 Å². The van der Waals surface area contributed by atoms with Gasteiger partial charge >= 0.3 is 0 Å². The fourth-order valence-corrected chi connectivity index (χ4v) is 3.35. The minimum atomic E-state index is -0.132. The zero-order chi connectivity index (χ0) is 15.4. The lowest BCUT2D eigenvalue weighted by Gasteiger charge is -2.04. The predicted molar refractivity (Wildman–Crippen MR) is 87.1 cm³/mol. The summed E-state index contributed by atoms with van der Waals surface area (Å²) < 4.78 is 0.768. The third-order valence-electron chi connectivity index (χ3n) is 2.91. The first-order valence-electron chi connectivity index (χ1n) is 6.76. The van der Waals surface area contributed by atoms with E-state index in [-0.39, 0.29) is 11.7 Å². The van der Waals surface area contributed by atoms with Crippen molar-refractivity contribution in [3.8, 4) is 6.07 Å². The summed E-state index contributed by atoms with van der Waals surface area (Å²) in [5, 5.41) is 23.8. The van der Waals surface area contributed by atoms with Gasteiger partial charge in [0.15, 0.2) is 4.34 Å². The van der Waals surface area contributed by atoms with Crippen molar-refractivity contribution in [2.75, 3.05) is 16.4 Å². The summed E-state index contributed by atoms with van der Waals surface area (Å²) in [6.07, 6.45) is 2.37. The number of aromatic nitrogens is 2. The second kappa shape index (κ2) is 6.77. The summed E-state index contributed by atoms with van der Waals surface area (Å²) in [6.45, 7) is 0. The van der Waals surface area contributed by atoms with Crippen molar-refractivity contribution in [3.05, 3.63) is 29.8 Å². The van der Waals surface area contributed by atoms with Gasteiger partial charge in [0.1, 0.15) is 0 Å². The lowest BCUT2D eigenvalue weighted by Crippen LogP contribution is -2.13. The second-order valence-corrected chi connectivity index (χ2v) is 7.02. The number of amides is 1. The quantitative estimate of drug-likeness (QED) is 0.791. The highest BCUT2D eigenvalue weighted by Gasteiger charge is 2.22. The van der Waals surface area contributed by atoms with Crippen molar-refractivity contribution in [1.82, 2.24) is 10.2 Å². The molecule has 0 atom stereocenters. The molecule has 1 aromatic carbocycles. The number of carbonyl (C=O) groups is 1. The Balaban J connectivity index is 1.49. The third-order valence-corrected chi connectivity index (χ3v) is 4.90. The van der Waals surface area contributed by atoms with Gasteiger partial charge < -0.3 is 10.6 Å². The molecule has 1 amide bonds. The van der Waals surface area contributed by atoms with E-state index in [9.17, 15) is 4.79 Å². The van der Waals surface area contributed by atoms with Crippen LogP contribution in [-0.2, 0) is 4.79 Å². The zero-order valence-electron chi connectivity index (χ0n) is 11.6. The van der Waals surface area contributed by atoms with Crippen LogP contribution in [0.3, 0.4) is 0 Å². The summed E-state index contributed by atoms with van der Waals surface area (Å²) in [5.41, 5.74) is 1.14. The van der Waals surface area contributed by atoms with E-state index in [4.69, 9.17) is 5.26 Å². The van der Waals surface area contributed by atoms with Gasteiger partial charge in [-0.3, -0.25) is 4.79 Å². The molecule has 1 saturated carbocycles. The van der Waals surface area contributed by atoms with E-state index in [1.165, 1.54) is 35.9 Å². The first-order chi connectivity index (χ1) is 10.7. The number of rotatable bonds is 6. The molecular formula is C14H13N5OS2. The Morgan fingerprint density at radius 2 is 2.32 bits per heavy atom. The molecule has 112 valence electrons. The van der Waals surface area contributed by atoms with Crippen LogP contribution >= 0.6 is 23.1 Å². The molecule has 0 aliphatic heterocycles. The van der Waals surface area contributed by atoms with Gasteiger partial charge in [0.25, 0.3) is 0 Å². The van der Waals surface area contributed by atoms with Crippen LogP contribution in [0.4, 0.5) is 10.8 Å². The molecule has 0 bridgehead atoms. The molecule has 1 aliphatic carbocycles. The van der Waals surface area contributed by atoms with E-state index in [1.54, 1.807) is 24.3 Å².